The van der Waals surface area contributed by atoms with Gasteiger partial charge in [-0.15, -0.1) is 0 Å². The van der Waals surface area contributed by atoms with Crippen LogP contribution in [0, 0.1) is 5.82 Å². The van der Waals surface area contributed by atoms with Gasteiger partial charge in [-0.1, -0.05) is 23.4 Å². The van der Waals surface area contributed by atoms with Crippen LogP contribution in [0.3, 0.4) is 0 Å². The van der Waals surface area contributed by atoms with E-state index in [4.69, 9.17) is 16.3 Å². The molecule has 2 aromatic rings. The van der Waals surface area contributed by atoms with Gasteiger partial charge in [0.15, 0.2) is 16.1 Å². The molecule has 0 radical (unpaired) electrons. The molecule has 0 aliphatic carbocycles. The highest BCUT2D eigenvalue weighted by molar-refractivity contribution is 7.98. The summed E-state index contributed by atoms with van der Waals surface area (Å²) in [5, 5.41) is 0.627. The molecule has 0 amide bonds. The zero-order chi connectivity index (χ0) is 14.2. The van der Waals surface area contributed by atoms with Crippen LogP contribution >= 0.6 is 23.4 Å². The predicted molar refractivity (Wildman–Crippen MR) is 74.5 cm³/mol. The number of nitrogens with zero attached hydrogens (tertiary/aromatic N) is 3. The van der Waals surface area contributed by atoms with E-state index < -0.39 is 11.4 Å². The molecule has 0 spiro atoms. The molecular weight excluding hydrogens is 289 g/mol. The smallest absolute Gasteiger partial charge is 0.227 e. The second kappa shape index (κ2) is 5.09. The molecule has 0 unspecified atom stereocenters. The van der Waals surface area contributed by atoms with E-state index in [0.29, 0.717) is 16.4 Å². The molecule has 2 rings (SSSR count). The summed E-state index contributed by atoms with van der Waals surface area (Å²) in [6.07, 6.45) is 3.23. The van der Waals surface area contributed by atoms with Gasteiger partial charge in [-0.2, -0.15) is 4.98 Å². The summed E-state index contributed by atoms with van der Waals surface area (Å²) in [7, 11) is 0. The van der Waals surface area contributed by atoms with Crippen molar-refractivity contribution in [3.8, 4) is 5.88 Å². The second-order valence-electron chi connectivity index (χ2n) is 4.86. The highest BCUT2D eigenvalue weighted by Gasteiger charge is 2.20. The standard InChI is InChI=1S/C12H13ClFN3OS/c1-12(2,3)18-10-6-5-15-9(13)7(14)8(6)16-11(17-10)19-4/h5H,1-4H3. The summed E-state index contributed by atoms with van der Waals surface area (Å²) in [5.41, 5.74) is -0.328. The first kappa shape index (κ1) is 14.3. The van der Waals surface area contributed by atoms with Gasteiger partial charge in [-0.25, -0.2) is 14.4 Å². The Bertz CT molecular complexity index is 630. The fraction of sp³-hybridized carbons (Fsp3) is 0.417. The van der Waals surface area contributed by atoms with Crippen LogP contribution in [0.25, 0.3) is 10.9 Å². The molecular formula is C12H13ClFN3OS. The van der Waals surface area contributed by atoms with E-state index >= 15 is 0 Å². The third-order valence-electron chi connectivity index (χ3n) is 2.17. The maximum atomic E-state index is 14.0. The molecule has 0 N–H and O–H groups in total. The lowest BCUT2D eigenvalue weighted by Gasteiger charge is -2.21. The summed E-state index contributed by atoms with van der Waals surface area (Å²) in [4.78, 5) is 12.1. The lowest BCUT2D eigenvalue weighted by Crippen LogP contribution is -2.24. The number of aromatic nitrogens is 3. The van der Waals surface area contributed by atoms with Crippen LogP contribution in [0.2, 0.25) is 5.15 Å². The number of halogens is 2. The van der Waals surface area contributed by atoms with Crippen LogP contribution in [0.5, 0.6) is 5.88 Å². The molecule has 0 fully saturated rings. The van der Waals surface area contributed by atoms with Gasteiger partial charge in [0.25, 0.3) is 0 Å². The number of hydrogen-bond acceptors (Lipinski definition) is 5. The fourth-order valence-corrected chi connectivity index (χ4v) is 1.94. The lowest BCUT2D eigenvalue weighted by molar-refractivity contribution is 0.125. The van der Waals surface area contributed by atoms with Gasteiger partial charge in [0, 0.05) is 6.20 Å². The quantitative estimate of drug-likeness (QED) is 0.481. The van der Waals surface area contributed by atoms with Gasteiger partial charge in [-0.05, 0) is 27.0 Å². The van der Waals surface area contributed by atoms with Gasteiger partial charge >= 0.3 is 0 Å². The van der Waals surface area contributed by atoms with Crippen molar-refractivity contribution in [2.75, 3.05) is 6.26 Å². The summed E-state index contributed by atoms with van der Waals surface area (Å²) >= 11 is 6.98. The number of hydrogen-bond donors (Lipinski definition) is 0. The third kappa shape index (κ3) is 3.06. The van der Waals surface area contributed by atoms with Crippen molar-refractivity contribution >= 4 is 34.3 Å². The van der Waals surface area contributed by atoms with Crippen molar-refractivity contribution in [1.82, 2.24) is 15.0 Å². The highest BCUT2D eigenvalue weighted by atomic mass is 35.5. The van der Waals surface area contributed by atoms with Crippen molar-refractivity contribution in [2.45, 2.75) is 31.5 Å². The molecule has 0 atom stereocenters. The number of ether oxygens (including phenoxy) is 1. The van der Waals surface area contributed by atoms with Gasteiger partial charge in [0.1, 0.15) is 11.1 Å². The summed E-state index contributed by atoms with van der Waals surface area (Å²) in [6, 6.07) is 0. The lowest BCUT2D eigenvalue weighted by atomic mass is 10.2. The second-order valence-corrected chi connectivity index (χ2v) is 5.99. The van der Waals surface area contributed by atoms with Crippen molar-refractivity contribution in [1.29, 1.82) is 0 Å². The van der Waals surface area contributed by atoms with E-state index in [1.807, 2.05) is 27.0 Å². The van der Waals surface area contributed by atoms with Crippen LogP contribution in [0.1, 0.15) is 20.8 Å². The van der Waals surface area contributed by atoms with E-state index in [0.717, 1.165) is 0 Å². The summed E-state index contributed by atoms with van der Waals surface area (Å²) in [6.45, 7) is 5.66. The van der Waals surface area contributed by atoms with E-state index in [9.17, 15) is 4.39 Å². The first-order valence-corrected chi connectivity index (χ1v) is 7.17. The zero-order valence-electron chi connectivity index (χ0n) is 11.0. The van der Waals surface area contributed by atoms with Crippen LogP contribution in [0.4, 0.5) is 4.39 Å². The first-order valence-electron chi connectivity index (χ1n) is 5.56. The predicted octanol–water partition coefficient (Wildman–Crippen LogP) is 3.72. The molecule has 19 heavy (non-hydrogen) atoms. The largest absolute Gasteiger partial charge is 0.471 e. The number of thioether (sulfide) groups is 1. The third-order valence-corrected chi connectivity index (χ3v) is 2.98. The van der Waals surface area contributed by atoms with Crippen LogP contribution < -0.4 is 4.74 Å². The maximum Gasteiger partial charge on any atom is 0.227 e. The first-order chi connectivity index (χ1) is 8.81. The van der Waals surface area contributed by atoms with E-state index in [2.05, 4.69) is 15.0 Å². The highest BCUT2D eigenvalue weighted by Crippen LogP contribution is 2.30. The van der Waals surface area contributed by atoms with Crippen LogP contribution in [-0.2, 0) is 0 Å². The normalized spacial score (nSPS) is 11.9. The number of rotatable bonds is 2. The minimum absolute atomic E-state index is 0.124. The van der Waals surface area contributed by atoms with Crippen LogP contribution in [0.15, 0.2) is 11.4 Å². The summed E-state index contributed by atoms with van der Waals surface area (Å²) in [5.74, 6) is -0.347. The molecule has 0 saturated heterocycles. The monoisotopic (exact) mass is 301 g/mol. The van der Waals surface area contributed by atoms with E-state index in [-0.39, 0.29) is 10.7 Å². The Morgan fingerprint density at radius 1 is 1.32 bits per heavy atom. The molecule has 0 bridgehead atoms. The molecule has 0 saturated carbocycles. The average Bonchev–Trinajstić information content (AvgIpc) is 2.32. The molecule has 0 aliphatic heterocycles. The minimum Gasteiger partial charge on any atom is -0.471 e. The topological polar surface area (TPSA) is 47.9 Å². The van der Waals surface area contributed by atoms with Gasteiger partial charge in [0.2, 0.25) is 5.88 Å². The Labute approximate surface area is 119 Å². The van der Waals surface area contributed by atoms with Crippen molar-refractivity contribution in [2.24, 2.45) is 0 Å². The Morgan fingerprint density at radius 3 is 2.58 bits per heavy atom. The Balaban J connectivity index is 2.71. The Morgan fingerprint density at radius 2 is 2.00 bits per heavy atom. The molecule has 2 aromatic heterocycles. The van der Waals surface area contributed by atoms with E-state index in [1.54, 1.807) is 0 Å². The zero-order valence-corrected chi connectivity index (χ0v) is 12.6. The van der Waals surface area contributed by atoms with Crippen molar-refractivity contribution < 1.29 is 9.13 Å². The van der Waals surface area contributed by atoms with Crippen molar-refractivity contribution in [3.05, 3.63) is 17.2 Å². The molecule has 0 aliphatic rings. The summed E-state index contributed by atoms with van der Waals surface area (Å²) < 4.78 is 19.7. The molecule has 4 nitrogen and oxygen atoms in total. The average molecular weight is 302 g/mol. The van der Waals surface area contributed by atoms with E-state index in [1.165, 1.54) is 18.0 Å². The Kier molecular flexibility index (Phi) is 3.82. The maximum absolute atomic E-state index is 14.0. The molecule has 0 aromatic carbocycles. The van der Waals surface area contributed by atoms with Crippen LogP contribution in [-0.4, -0.2) is 26.8 Å². The fourth-order valence-electron chi connectivity index (χ4n) is 1.45. The van der Waals surface area contributed by atoms with Gasteiger partial charge < -0.3 is 4.74 Å². The Hall–Kier alpha value is -1.14. The number of fused-ring (bicyclic) bond motifs is 1. The molecule has 2 heterocycles. The number of pyridine rings is 1. The van der Waals surface area contributed by atoms with Gasteiger partial charge in [-0.3, -0.25) is 0 Å². The molecule has 102 valence electrons. The van der Waals surface area contributed by atoms with Gasteiger partial charge in [0.05, 0.1) is 5.39 Å². The SMILES string of the molecule is CSc1nc(OC(C)(C)C)c2cnc(Cl)c(F)c2n1. The minimum atomic E-state index is -0.657. The van der Waals surface area contributed by atoms with Crippen molar-refractivity contribution in [3.63, 3.8) is 0 Å². The molecule has 7 heteroatoms.